The van der Waals surface area contributed by atoms with Crippen LogP contribution in [-0.2, 0) is 16.0 Å². The summed E-state index contributed by atoms with van der Waals surface area (Å²) in [6.45, 7) is 5.28. The van der Waals surface area contributed by atoms with Gasteiger partial charge in [-0.25, -0.2) is 5.01 Å². The number of halogens is 1. The second-order valence-corrected chi connectivity index (χ2v) is 7.69. The summed E-state index contributed by atoms with van der Waals surface area (Å²) in [4.78, 5) is 24.6. The molecule has 1 aliphatic rings. The topological polar surface area (TPSA) is 80.2 Å². The van der Waals surface area contributed by atoms with Crippen molar-refractivity contribution in [1.82, 2.24) is 10.3 Å². The molecule has 0 fully saturated rings. The zero-order valence-corrected chi connectivity index (χ0v) is 19.2. The second kappa shape index (κ2) is 11.5. The van der Waals surface area contributed by atoms with E-state index in [-0.39, 0.29) is 18.4 Å². The number of nitrogens with one attached hydrogen (secondary N) is 1. The zero-order valence-electron chi connectivity index (χ0n) is 18.4. The van der Waals surface area contributed by atoms with Crippen molar-refractivity contribution in [3.8, 4) is 11.5 Å². The molecule has 2 aromatic carbocycles. The van der Waals surface area contributed by atoms with Gasteiger partial charge in [-0.3, -0.25) is 9.59 Å². The molecule has 0 bridgehead atoms. The van der Waals surface area contributed by atoms with Gasteiger partial charge in [-0.2, -0.15) is 5.10 Å². The molecule has 170 valence electrons. The molecule has 2 aromatic rings. The summed E-state index contributed by atoms with van der Waals surface area (Å²) in [7, 11) is 0. The molecule has 3 rings (SSSR count). The Morgan fingerprint density at radius 1 is 1.06 bits per heavy atom. The predicted octanol–water partition coefficient (Wildman–Crippen LogP) is 3.82. The van der Waals surface area contributed by atoms with Gasteiger partial charge in [-0.15, -0.1) is 0 Å². The van der Waals surface area contributed by atoms with E-state index in [0.717, 1.165) is 16.8 Å². The van der Waals surface area contributed by atoms with E-state index in [2.05, 4.69) is 10.4 Å². The molecule has 1 heterocycles. The van der Waals surface area contributed by atoms with Crippen LogP contribution in [0.1, 0.15) is 37.8 Å². The van der Waals surface area contributed by atoms with Gasteiger partial charge in [0.2, 0.25) is 11.8 Å². The number of amides is 2. The Hall–Kier alpha value is -3.06. The Kier molecular flexibility index (Phi) is 8.50. The smallest absolute Gasteiger partial charge is 0.243 e. The number of hydrogen-bond donors (Lipinski definition) is 1. The minimum Gasteiger partial charge on any atom is -0.490 e. The normalized spacial score (nSPS) is 13.5. The van der Waals surface area contributed by atoms with Crippen LogP contribution in [0.15, 0.2) is 47.6 Å². The third-order valence-electron chi connectivity index (χ3n) is 4.92. The van der Waals surface area contributed by atoms with Crippen LogP contribution in [0.3, 0.4) is 0 Å². The van der Waals surface area contributed by atoms with Gasteiger partial charge < -0.3 is 14.8 Å². The summed E-state index contributed by atoms with van der Waals surface area (Å²) in [5.74, 6) is 0.988. The summed E-state index contributed by atoms with van der Waals surface area (Å²) in [5, 5.41) is 9.14. The van der Waals surface area contributed by atoms with E-state index in [1.807, 2.05) is 44.2 Å². The Bertz CT molecular complexity index is 976. The van der Waals surface area contributed by atoms with Crippen LogP contribution in [-0.4, -0.2) is 48.8 Å². The van der Waals surface area contributed by atoms with Crippen LogP contribution in [0.2, 0.25) is 5.02 Å². The molecule has 0 atom stereocenters. The Balaban J connectivity index is 1.55. The van der Waals surface area contributed by atoms with Crippen molar-refractivity contribution < 1.29 is 19.1 Å². The molecule has 0 saturated carbocycles. The molecular weight excluding hydrogens is 430 g/mol. The van der Waals surface area contributed by atoms with Gasteiger partial charge in [-0.05, 0) is 55.7 Å². The lowest BCUT2D eigenvalue weighted by Crippen LogP contribution is -2.40. The molecule has 8 heteroatoms. The summed E-state index contributed by atoms with van der Waals surface area (Å²) >= 11 is 5.94. The summed E-state index contributed by atoms with van der Waals surface area (Å²) < 4.78 is 11.2. The third kappa shape index (κ3) is 6.47. The Morgan fingerprint density at radius 3 is 2.50 bits per heavy atom. The fourth-order valence-corrected chi connectivity index (χ4v) is 3.49. The number of rotatable bonds is 10. The lowest BCUT2D eigenvalue weighted by Gasteiger charge is -2.23. The van der Waals surface area contributed by atoms with E-state index in [1.165, 1.54) is 5.01 Å². The molecule has 0 aliphatic carbocycles. The van der Waals surface area contributed by atoms with Crippen LogP contribution >= 0.6 is 11.6 Å². The highest BCUT2D eigenvalue weighted by Gasteiger charge is 2.23. The Morgan fingerprint density at radius 2 is 1.78 bits per heavy atom. The van der Waals surface area contributed by atoms with Gasteiger partial charge >= 0.3 is 0 Å². The monoisotopic (exact) mass is 457 g/mol. The average molecular weight is 458 g/mol. The van der Waals surface area contributed by atoms with E-state index in [9.17, 15) is 9.59 Å². The summed E-state index contributed by atoms with van der Waals surface area (Å²) in [6, 6.07) is 13.1. The maximum atomic E-state index is 12.4. The summed E-state index contributed by atoms with van der Waals surface area (Å²) in [6.07, 6.45) is 1.49. The lowest BCUT2D eigenvalue weighted by molar-refractivity contribution is -0.136. The molecule has 7 nitrogen and oxygen atoms in total. The molecule has 0 spiro atoms. The van der Waals surface area contributed by atoms with Crippen LogP contribution < -0.4 is 14.8 Å². The van der Waals surface area contributed by atoms with E-state index in [1.54, 1.807) is 12.1 Å². The first-order chi connectivity index (χ1) is 15.5. The van der Waals surface area contributed by atoms with E-state index >= 15 is 0 Å². The molecule has 0 radical (unpaired) electrons. The van der Waals surface area contributed by atoms with Gasteiger partial charge in [0.1, 0.15) is 6.54 Å². The van der Waals surface area contributed by atoms with E-state index in [4.69, 9.17) is 21.1 Å². The van der Waals surface area contributed by atoms with Crippen LogP contribution in [0, 0.1) is 0 Å². The predicted molar refractivity (Wildman–Crippen MR) is 124 cm³/mol. The fourth-order valence-electron chi connectivity index (χ4n) is 3.36. The van der Waals surface area contributed by atoms with Gasteiger partial charge in [0, 0.05) is 24.4 Å². The molecule has 32 heavy (non-hydrogen) atoms. The van der Waals surface area contributed by atoms with Crippen molar-refractivity contribution in [2.24, 2.45) is 5.10 Å². The van der Waals surface area contributed by atoms with Gasteiger partial charge in [0.25, 0.3) is 0 Å². The van der Waals surface area contributed by atoms with Crippen molar-refractivity contribution in [2.45, 2.75) is 33.1 Å². The Labute approximate surface area is 193 Å². The van der Waals surface area contributed by atoms with Crippen molar-refractivity contribution in [2.75, 3.05) is 26.3 Å². The minimum atomic E-state index is -0.254. The highest BCUT2D eigenvalue weighted by atomic mass is 35.5. The van der Waals surface area contributed by atoms with E-state index < -0.39 is 0 Å². The molecular formula is C24H28ClN3O4. The van der Waals surface area contributed by atoms with Gasteiger partial charge in [0.05, 0.1) is 18.9 Å². The number of nitrogens with zero attached hydrogens (tertiary/aromatic N) is 2. The van der Waals surface area contributed by atoms with Crippen LogP contribution in [0.25, 0.3) is 0 Å². The summed E-state index contributed by atoms with van der Waals surface area (Å²) in [5.41, 5.74) is 2.69. The maximum absolute atomic E-state index is 12.4. The molecule has 0 saturated heterocycles. The van der Waals surface area contributed by atoms with Crippen molar-refractivity contribution in [1.29, 1.82) is 0 Å². The molecule has 0 unspecified atom stereocenters. The average Bonchev–Trinajstić information content (AvgIpc) is 2.78. The number of carbonyl (C=O) groups is 2. The molecule has 1 aliphatic heterocycles. The van der Waals surface area contributed by atoms with Crippen LogP contribution in [0.4, 0.5) is 0 Å². The fraction of sp³-hybridized carbons (Fsp3) is 0.375. The van der Waals surface area contributed by atoms with Crippen molar-refractivity contribution in [3.05, 3.63) is 58.6 Å². The SMILES string of the molecule is CCOc1ccc(CCNC(=O)CN2N=C(c3ccc(Cl)cc3)CCC2=O)cc1OCC. The number of hydrazone groups is 1. The first-order valence-electron chi connectivity index (χ1n) is 10.8. The molecule has 2 amide bonds. The zero-order chi connectivity index (χ0) is 22.9. The number of benzene rings is 2. The molecule has 1 N–H and O–H groups in total. The first-order valence-corrected chi connectivity index (χ1v) is 11.2. The van der Waals surface area contributed by atoms with Crippen molar-refractivity contribution in [3.63, 3.8) is 0 Å². The van der Waals surface area contributed by atoms with Gasteiger partial charge in [-0.1, -0.05) is 29.8 Å². The standard InChI is InChI=1S/C24H28ClN3O4/c1-3-31-21-11-5-17(15-22(21)32-4-2)13-14-26-23(29)16-28-24(30)12-10-20(27-28)18-6-8-19(25)9-7-18/h5-9,11,15H,3-4,10,12-14,16H2,1-2H3,(H,26,29). The second-order valence-electron chi connectivity index (χ2n) is 7.25. The van der Waals surface area contributed by atoms with Crippen LogP contribution in [0.5, 0.6) is 11.5 Å². The largest absolute Gasteiger partial charge is 0.490 e. The first kappa shape index (κ1) is 23.6. The lowest BCUT2D eigenvalue weighted by atomic mass is 10.0. The minimum absolute atomic E-state index is 0.108. The van der Waals surface area contributed by atoms with Crippen molar-refractivity contribution >= 4 is 29.1 Å². The quantitative estimate of drug-likeness (QED) is 0.588. The number of carbonyl (C=O) groups excluding carboxylic acids is 2. The van der Waals surface area contributed by atoms with Gasteiger partial charge in [0.15, 0.2) is 11.5 Å². The number of ether oxygens (including phenoxy) is 2. The maximum Gasteiger partial charge on any atom is 0.243 e. The third-order valence-corrected chi connectivity index (χ3v) is 5.17. The molecule has 0 aromatic heterocycles. The highest BCUT2D eigenvalue weighted by molar-refractivity contribution is 6.30. The number of hydrogen-bond acceptors (Lipinski definition) is 5. The highest BCUT2D eigenvalue weighted by Crippen LogP contribution is 2.28. The van der Waals surface area contributed by atoms with E-state index in [0.29, 0.717) is 55.5 Å².